The van der Waals surface area contributed by atoms with Crippen LogP contribution in [-0.2, 0) is 9.59 Å². The van der Waals surface area contributed by atoms with Gasteiger partial charge in [0.25, 0.3) is 0 Å². The Bertz CT molecular complexity index is 446. The standard InChI is InChI=1S/C13H13FO3/c1-2-3-12(15)11(13(16)17)8-9-4-6-10(14)7-5-9/h4-8H,2-3H2,1H3,(H,16,17). The second-order valence-corrected chi connectivity index (χ2v) is 3.59. The highest BCUT2D eigenvalue weighted by molar-refractivity contribution is 6.19. The van der Waals surface area contributed by atoms with Gasteiger partial charge in [-0.15, -0.1) is 0 Å². The average molecular weight is 236 g/mol. The fourth-order valence-corrected chi connectivity index (χ4v) is 1.35. The van der Waals surface area contributed by atoms with Crippen molar-refractivity contribution in [3.8, 4) is 0 Å². The summed E-state index contributed by atoms with van der Waals surface area (Å²) >= 11 is 0. The lowest BCUT2D eigenvalue weighted by atomic mass is 10.0. The van der Waals surface area contributed by atoms with Gasteiger partial charge in [0, 0.05) is 6.42 Å². The Labute approximate surface area is 98.6 Å². The normalized spacial score (nSPS) is 11.3. The molecule has 0 saturated carbocycles. The number of Topliss-reactive ketones (excluding diaryl/α,β-unsaturated/α-hetero) is 1. The highest BCUT2D eigenvalue weighted by Crippen LogP contribution is 2.11. The molecule has 0 aliphatic rings. The van der Waals surface area contributed by atoms with Gasteiger partial charge in [-0.1, -0.05) is 19.1 Å². The van der Waals surface area contributed by atoms with Crippen LogP contribution in [0.5, 0.6) is 0 Å². The molecule has 0 heterocycles. The Morgan fingerprint density at radius 1 is 1.29 bits per heavy atom. The Balaban J connectivity index is 3.02. The quantitative estimate of drug-likeness (QED) is 0.485. The first-order valence-electron chi connectivity index (χ1n) is 5.28. The van der Waals surface area contributed by atoms with Gasteiger partial charge < -0.3 is 5.11 Å². The summed E-state index contributed by atoms with van der Waals surface area (Å²) in [5.41, 5.74) is 0.228. The van der Waals surface area contributed by atoms with Crippen molar-refractivity contribution in [2.75, 3.05) is 0 Å². The van der Waals surface area contributed by atoms with Crippen molar-refractivity contribution < 1.29 is 19.1 Å². The molecule has 4 heteroatoms. The third kappa shape index (κ3) is 3.83. The summed E-state index contributed by atoms with van der Waals surface area (Å²) in [6.07, 6.45) is 2.05. The van der Waals surface area contributed by atoms with E-state index < -0.39 is 17.6 Å². The molecule has 0 unspecified atom stereocenters. The van der Waals surface area contributed by atoms with Gasteiger partial charge in [-0.05, 0) is 30.2 Å². The predicted molar refractivity (Wildman–Crippen MR) is 61.9 cm³/mol. The molecular formula is C13H13FO3. The maximum Gasteiger partial charge on any atom is 0.339 e. The molecule has 0 bridgehead atoms. The second-order valence-electron chi connectivity index (χ2n) is 3.59. The number of carbonyl (C=O) groups is 2. The van der Waals surface area contributed by atoms with Crippen molar-refractivity contribution in [1.82, 2.24) is 0 Å². The van der Waals surface area contributed by atoms with E-state index in [2.05, 4.69) is 0 Å². The number of hydrogen-bond donors (Lipinski definition) is 1. The van der Waals surface area contributed by atoms with Gasteiger partial charge >= 0.3 is 5.97 Å². The van der Waals surface area contributed by atoms with Gasteiger partial charge in [0.1, 0.15) is 11.4 Å². The fraction of sp³-hybridized carbons (Fsp3) is 0.231. The van der Waals surface area contributed by atoms with E-state index in [0.717, 1.165) is 0 Å². The van der Waals surface area contributed by atoms with Gasteiger partial charge in [0.15, 0.2) is 5.78 Å². The van der Waals surface area contributed by atoms with E-state index in [4.69, 9.17) is 5.11 Å². The molecule has 17 heavy (non-hydrogen) atoms. The van der Waals surface area contributed by atoms with E-state index in [1.165, 1.54) is 30.3 Å². The van der Waals surface area contributed by atoms with Crippen LogP contribution in [0.4, 0.5) is 4.39 Å². The number of carboxylic acids is 1. The predicted octanol–water partition coefficient (Wildman–Crippen LogP) is 2.66. The van der Waals surface area contributed by atoms with Crippen LogP contribution < -0.4 is 0 Å². The van der Waals surface area contributed by atoms with E-state index in [1.54, 1.807) is 6.92 Å². The van der Waals surface area contributed by atoms with Crippen molar-refractivity contribution >= 4 is 17.8 Å². The van der Waals surface area contributed by atoms with Crippen LogP contribution >= 0.6 is 0 Å². The summed E-state index contributed by atoms with van der Waals surface area (Å²) in [6, 6.07) is 5.29. The molecule has 1 aromatic rings. The summed E-state index contributed by atoms with van der Waals surface area (Å²) in [7, 11) is 0. The zero-order chi connectivity index (χ0) is 12.8. The Morgan fingerprint density at radius 3 is 2.35 bits per heavy atom. The van der Waals surface area contributed by atoms with Crippen molar-refractivity contribution in [3.63, 3.8) is 0 Å². The first-order chi connectivity index (χ1) is 8.04. The maximum absolute atomic E-state index is 12.7. The van der Waals surface area contributed by atoms with Crippen molar-refractivity contribution in [3.05, 3.63) is 41.2 Å². The maximum atomic E-state index is 12.7. The third-order valence-corrected chi connectivity index (χ3v) is 2.19. The summed E-state index contributed by atoms with van der Waals surface area (Å²) in [4.78, 5) is 22.5. The number of ketones is 1. The Kier molecular flexibility index (Phi) is 4.57. The van der Waals surface area contributed by atoms with Gasteiger partial charge in [-0.3, -0.25) is 4.79 Å². The number of carboxylic acid groups (broad SMARTS) is 1. The third-order valence-electron chi connectivity index (χ3n) is 2.19. The van der Waals surface area contributed by atoms with Crippen molar-refractivity contribution in [2.24, 2.45) is 0 Å². The SMILES string of the molecule is CCCC(=O)C(=Cc1ccc(F)cc1)C(=O)O. The number of hydrogen-bond acceptors (Lipinski definition) is 2. The van der Waals surface area contributed by atoms with E-state index in [1.807, 2.05) is 0 Å². The van der Waals surface area contributed by atoms with Gasteiger partial charge in [-0.2, -0.15) is 0 Å². The van der Waals surface area contributed by atoms with Crippen molar-refractivity contribution in [2.45, 2.75) is 19.8 Å². The lowest BCUT2D eigenvalue weighted by Gasteiger charge is -2.01. The molecule has 0 aromatic heterocycles. The number of halogens is 1. The van der Waals surface area contributed by atoms with Crippen molar-refractivity contribution in [1.29, 1.82) is 0 Å². The summed E-state index contributed by atoms with van der Waals surface area (Å²) in [5, 5.41) is 8.92. The summed E-state index contributed by atoms with van der Waals surface area (Å²) in [6.45, 7) is 1.80. The highest BCUT2D eigenvalue weighted by Gasteiger charge is 2.15. The van der Waals surface area contributed by atoms with Gasteiger partial charge in [-0.25, -0.2) is 9.18 Å². The van der Waals surface area contributed by atoms with E-state index >= 15 is 0 Å². The topological polar surface area (TPSA) is 54.4 Å². The minimum Gasteiger partial charge on any atom is -0.478 e. The fourth-order valence-electron chi connectivity index (χ4n) is 1.35. The zero-order valence-corrected chi connectivity index (χ0v) is 9.44. The molecule has 1 rings (SSSR count). The first-order valence-corrected chi connectivity index (χ1v) is 5.28. The van der Waals surface area contributed by atoms with Crippen LogP contribution in [0.2, 0.25) is 0 Å². The van der Waals surface area contributed by atoms with Crippen LogP contribution in [0.25, 0.3) is 6.08 Å². The molecule has 0 saturated heterocycles. The van der Waals surface area contributed by atoms with Gasteiger partial charge in [0.2, 0.25) is 0 Å². The zero-order valence-electron chi connectivity index (χ0n) is 9.44. The largest absolute Gasteiger partial charge is 0.478 e. The highest BCUT2D eigenvalue weighted by atomic mass is 19.1. The molecule has 3 nitrogen and oxygen atoms in total. The van der Waals surface area contributed by atoms with Crippen LogP contribution in [0.3, 0.4) is 0 Å². The van der Waals surface area contributed by atoms with Crippen LogP contribution in [0, 0.1) is 5.82 Å². The lowest BCUT2D eigenvalue weighted by molar-refractivity contribution is -0.134. The molecule has 0 radical (unpaired) electrons. The number of carbonyl (C=O) groups excluding carboxylic acids is 1. The molecular weight excluding hydrogens is 223 g/mol. The van der Waals surface area contributed by atoms with E-state index in [-0.39, 0.29) is 12.0 Å². The summed E-state index contributed by atoms with van der Waals surface area (Å²) < 4.78 is 12.7. The van der Waals surface area contributed by atoms with Crippen LogP contribution in [0.15, 0.2) is 29.8 Å². The van der Waals surface area contributed by atoms with E-state index in [0.29, 0.717) is 12.0 Å². The molecule has 0 fully saturated rings. The number of benzene rings is 1. The van der Waals surface area contributed by atoms with Crippen LogP contribution in [0.1, 0.15) is 25.3 Å². The molecule has 1 aromatic carbocycles. The molecule has 0 aliphatic heterocycles. The second kappa shape index (κ2) is 5.94. The molecule has 90 valence electrons. The number of aliphatic carboxylic acids is 1. The lowest BCUT2D eigenvalue weighted by Crippen LogP contribution is -2.11. The molecule has 0 spiro atoms. The number of rotatable bonds is 5. The molecule has 0 atom stereocenters. The summed E-state index contributed by atoms with van der Waals surface area (Å²) in [5.74, 6) is -2.07. The van der Waals surface area contributed by atoms with Crippen LogP contribution in [-0.4, -0.2) is 16.9 Å². The molecule has 0 aliphatic carbocycles. The minimum absolute atomic E-state index is 0.194. The Morgan fingerprint density at radius 2 is 1.88 bits per heavy atom. The molecule has 0 amide bonds. The first kappa shape index (κ1) is 13.1. The molecule has 1 N–H and O–H groups in total. The monoisotopic (exact) mass is 236 g/mol. The Hall–Kier alpha value is -1.97. The average Bonchev–Trinajstić information content (AvgIpc) is 2.28. The smallest absolute Gasteiger partial charge is 0.339 e. The van der Waals surface area contributed by atoms with E-state index in [9.17, 15) is 14.0 Å². The minimum atomic E-state index is -1.26. The van der Waals surface area contributed by atoms with Gasteiger partial charge in [0.05, 0.1) is 0 Å².